The van der Waals surface area contributed by atoms with Gasteiger partial charge in [-0.3, -0.25) is 4.79 Å². The number of rotatable bonds is 1. The van der Waals surface area contributed by atoms with Crippen LogP contribution >= 0.6 is 0 Å². The normalized spacial score (nSPS) is 10.1. The molecule has 102 valence electrons. The molecule has 5 nitrogen and oxygen atoms in total. The molecule has 0 spiro atoms. The number of hydrogen-bond donors (Lipinski definition) is 2. The molecule has 0 aliphatic heterocycles. The number of imidazole rings is 1. The molecule has 0 saturated carbocycles. The molecule has 2 aromatic heterocycles. The molecule has 0 aliphatic carbocycles. The van der Waals surface area contributed by atoms with Crippen molar-refractivity contribution < 1.29 is 2.85 Å². The second kappa shape index (κ2) is 5.48. The van der Waals surface area contributed by atoms with Crippen LogP contribution in [0, 0.1) is 6.92 Å². The maximum Gasteiger partial charge on any atom is 0.276 e. The minimum Gasteiger partial charge on any atom is -0.332 e. The number of H-pyrrole nitrogens is 2. The topological polar surface area (TPSA) is 74.4 Å². The molecule has 0 radical (unpaired) electrons. The first-order valence-electron chi connectivity index (χ1n) is 6.26. The third-order valence-corrected chi connectivity index (χ3v) is 2.53. The van der Waals surface area contributed by atoms with E-state index in [1.54, 1.807) is 6.92 Å². The zero-order valence-corrected chi connectivity index (χ0v) is 11.2. The summed E-state index contributed by atoms with van der Waals surface area (Å²) in [5.74, 6) is 1.22. The highest BCUT2D eigenvalue weighted by Gasteiger charge is 2.09. The highest BCUT2D eigenvalue weighted by atomic mass is 16.1. The molecule has 3 rings (SSSR count). The largest absolute Gasteiger partial charge is 0.332 e. The van der Waals surface area contributed by atoms with Crippen LogP contribution in [0.25, 0.3) is 22.6 Å². The quantitative estimate of drug-likeness (QED) is 0.705. The Kier molecular flexibility index (Phi) is 3.75. The summed E-state index contributed by atoms with van der Waals surface area (Å²) in [5, 5.41) is 0. The summed E-state index contributed by atoms with van der Waals surface area (Å²) in [6, 6.07) is 9.63. The molecule has 5 heteroatoms. The van der Waals surface area contributed by atoms with Crippen LogP contribution in [0.4, 0.5) is 0 Å². The van der Waals surface area contributed by atoms with Gasteiger partial charge in [-0.1, -0.05) is 44.2 Å². The van der Waals surface area contributed by atoms with Crippen molar-refractivity contribution >= 4 is 11.2 Å². The summed E-state index contributed by atoms with van der Waals surface area (Å²) in [7, 11) is 0. The van der Waals surface area contributed by atoms with Crippen LogP contribution in [-0.4, -0.2) is 19.9 Å². The molecular formula is C14H20N4O. The first-order valence-corrected chi connectivity index (χ1v) is 6.26. The number of fused-ring (bicyclic) bond motifs is 1. The third-order valence-electron chi connectivity index (χ3n) is 2.53. The summed E-state index contributed by atoms with van der Waals surface area (Å²) >= 11 is 0. The van der Waals surface area contributed by atoms with Gasteiger partial charge in [-0.25, -0.2) is 9.97 Å². The Hall–Kier alpha value is -2.43. The SMILES string of the molecule is CC.Cc1nc2nc(-c3ccccc3)[nH]c2c(=O)[nH]1.[HH].[HH]. The summed E-state index contributed by atoms with van der Waals surface area (Å²) in [5.41, 5.74) is 1.60. The fraction of sp³-hybridized carbons (Fsp3) is 0.214. The molecule has 3 aromatic rings. The molecule has 0 fully saturated rings. The summed E-state index contributed by atoms with van der Waals surface area (Å²) in [4.78, 5) is 25.8. The van der Waals surface area contributed by atoms with Crippen LogP contribution < -0.4 is 5.56 Å². The predicted molar refractivity (Wildman–Crippen MR) is 80.3 cm³/mol. The van der Waals surface area contributed by atoms with Gasteiger partial charge in [-0.05, 0) is 6.92 Å². The summed E-state index contributed by atoms with van der Waals surface area (Å²) in [6.45, 7) is 5.73. The van der Waals surface area contributed by atoms with Gasteiger partial charge in [0.25, 0.3) is 5.56 Å². The lowest BCUT2D eigenvalue weighted by molar-refractivity contribution is 1.05. The molecule has 19 heavy (non-hydrogen) atoms. The Balaban J connectivity index is 0.000000961. The molecule has 0 bridgehead atoms. The maximum absolute atomic E-state index is 11.7. The van der Waals surface area contributed by atoms with Gasteiger partial charge in [-0.15, -0.1) is 0 Å². The fourth-order valence-electron chi connectivity index (χ4n) is 1.75. The molecule has 1 aromatic carbocycles. The lowest BCUT2D eigenvalue weighted by Crippen LogP contribution is -2.09. The Labute approximate surface area is 113 Å². The van der Waals surface area contributed by atoms with E-state index < -0.39 is 0 Å². The smallest absolute Gasteiger partial charge is 0.276 e. The molecule has 2 heterocycles. The fourth-order valence-corrected chi connectivity index (χ4v) is 1.75. The van der Waals surface area contributed by atoms with Gasteiger partial charge in [0.2, 0.25) is 0 Å². The molecule has 2 N–H and O–H groups in total. The minimum absolute atomic E-state index is 0. The molecule has 0 aliphatic rings. The van der Waals surface area contributed by atoms with Gasteiger partial charge in [0, 0.05) is 8.42 Å². The highest BCUT2D eigenvalue weighted by Crippen LogP contribution is 2.16. The van der Waals surface area contributed by atoms with Gasteiger partial charge in [-0.2, -0.15) is 0 Å². The van der Waals surface area contributed by atoms with E-state index in [0.29, 0.717) is 22.8 Å². The van der Waals surface area contributed by atoms with Crippen molar-refractivity contribution in [2.75, 3.05) is 0 Å². The van der Waals surface area contributed by atoms with Crippen molar-refractivity contribution in [1.29, 1.82) is 0 Å². The average molecular weight is 260 g/mol. The van der Waals surface area contributed by atoms with Crippen LogP contribution in [-0.2, 0) is 0 Å². The Bertz CT molecular complexity index is 738. The predicted octanol–water partition coefficient (Wildman–Crippen LogP) is 3.14. The van der Waals surface area contributed by atoms with Gasteiger partial charge < -0.3 is 9.97 Å². The van der Waals surface area contributed by atoms with Crippen LogP contribution in [0.2, 0.25) is 0 Å². The lowest BCUT2D eigenvalue weighted by atomic mass is 10.2. The molecule has 0 saturated heterocycles. The number of hydrogen-bond acceptors (Lipinski definition) is 3. The molecule has 0 atom stereocenters. The Morgan fingerprint density at radius 3 is 2.42 bits per heavy atom. The van der Waals surface area contributed by atoms with Crippen LogP contribution in [0.3, 0.4) is 0 Å². The van der Waals surface area contributed by atoms with Crippen molar-refractivity contribution in [3.8, 4) is 11.4 Å². The molecule has 0 amide bonds. The second-order valence-corrected chi connectivity index (χ2v) is 3.80. The number of aryl methyl sites for hydroxylation is 1. The minimum atomic E-state index is -0.192. The van der Waals surface area contributed by atoms with Crippen molar-refractivity contribution in [2.45, 2.75) is 20.8 Å². The first-order chi connectivity index (χ1) is 9.24. The van der Waals surface area contributed by atoms with Gasteiger partial charge in [0.1, 0.15) is 11.6 Å². The van der Waals surface area contributed by atoms with Crippen molar-refractivity contribution in [2.24, 2.45) is 0 Å². The van der Waals surface area contributed by atoms with Crippen LogP contribution in [0.15, 0.2) is 35.1 Å². The van der Waals surface area contributed by atoms with E-state index in [-0.39, 0.29) is 8.41 Å². The number of nitrogens with one attached hydrogen (secondary N) is 2. The van der Waals surface area contributed by atoms with Crippen LogP contribution in [0.5, 0.6) is 0 Å². The van der Waals surface area contributed by atoms with E-state index in [2.05, 4.69) is 19.9 Å². The van der Waals surface area contributed by atoms with Crippen molar-refractivity contribution in [1.82, 2.24) is 19.9 Å². The number of benzene rings is 1. The number of aromatic amines is 2. The van der Waals surface area contributed by atoms with Crippen molar-refractivity contribution in [3.05, 3.63) is 46.5 Å². The van der Waals surface area contributed by atoms with E-state index in [1.165, 1.54) is 0 Å². The van der Waals surface area contributed by atoms with E-state index in [1.807, 2.05) is 44.2 Å². The monoisotopic (exact) mass is 260 g/mol. The average Bonchev–Trinajstić information content (AvgIpc) is 2.86. The second-order valence-electron chi connectivity index (χ2n) is 3.80. The summed E-state index contributed by atoms with van der Waals surface area (Å²) in [6.07, 6.45) is 0. The highest BCUT2D eigenvalue weighted by molar-refractivity contribution is 5.74. The first kappa shape index (κ1) is 13.0. The Morgan fingerprint density at radius 1 is 1.05 bits per heavy atom. The standard InChI is InChI=1S/C12H10N4O.C2H6.2H2/c1-7-13-11-9(12(17)14-7)15-10(16-11)8-5-3-2-4-6-8;1-2;;/h2-6H,1H3,(H2,13,14,15,16,17);1-2H3;2*1H. The third kappa shape index (κ3) is 2.54. The van der Waals surface area contributed by atoms with E-state index in [9.17, 15) is 4.79 Å². The van der Waals surface area contributed by atoms with Gasteiger partial charge in [0.15, 0.2) is 11.2 Å². The molecule has 0 unspecified atom stereocenters. The van der Waals surface area contributed by atoms with Crippen molar-refractivity contribution in [3.63, 3.8) is 0 Å². The maximum atomic E-state index is 11.7. The lowest BCUT2D eigenvalue weighted by Gasteiger charge is -1.92. The van der Waals surface area contributed by atoms with E-state index >= 15 is 0 Å². The summed E-state index contributed by atoms with van der Waals surface area (Å²) < 4.78 is 0. The van der Waals surface area contributed by atoms with Gasteiger partial charge >= 0.3 is 0 Å². The Morgan fingerprint density at radius 2 is 1.74 bits per heavy atom. The number of nitrogens with zero attached hydrogens (tertiary/aromatic N) is 2. The molecular weight excluding hydrogens is 240 g/mol. The van der Waals surface area contributed by atoms with E-state index in [4.69, 9.17) is 0 Å². The van der Waals surface area contributed by atoms with Gasteiger partial charge in [0.05, 0.1) is 0 Å². The van der Waals surface area contributed by atoms with E-state index in [0.717, 1.165) is 5.56 Å². The zero-order valence-electron chi connectivity index (χ0n) is 11.2. The van der Waals surface area contributed by atoms with Crippen LogP contribution in [0.1, 0.15) is 22.5 Å². The number of aromatic nitrogens is 4. The zero-order chi connectivity index (χ0) is 13.8.